The number of nitrogens with one attached hydrogen (secondary N) is 2. The van der Waals surface area contributed by atoms with E-state index in [-0.39, 0.29) is 5.82 Å². The van der Waals surface area contributed by atoms with Gasteiger partial charge in [-0.2, -0.15) is 0 Å². The molecule has 2 aromatic rings. The maximum Gasteiger partial charge on any atom is 0.323 e. The number of hydrogen-bond acceptors (Lipinski definition) is 2. The van der Waals surface area contributed by atoms with E-state index >= 15 is 0 Å². The fourth-order valence-corrected chi connectivity index (χ4v) is 1.87. The number of benzene rings is 2. The smallest absolute Gasteiger partial charge is 0.323 e. The van der Waals surface area contributed by atoms with E-state index in [2.05, 4.69) is 10.6 Å². The molecular formula is C16H17FN2O2. The zero-order valence-electron chi connectivity index (χ0n) is 11.9. The van der Waals surface area contributed by atoms with Crippen LogP contribution in [0.2, 0.25) is 0 Å². The van der Waals surface area contributed by atoms with Crippen LogP contribution < -0.4 is 15.4 Å². The first-order valence-corrected chi connectivity index (χ1v) is 6.66. The Kier molecular flexibility index (Phi) is 4.77. The average molecular weight is 288 g/mol. The summed E-state index contributed by atoms with van der Waals surface area (Å²) in [5.41, 5.74) is 1.39. The maximum absolute atomic E-state index is 13.4. The topological polar surface area (TPSA) is 50.4 Å². The van der Waals surface area contributed by atoms with Crippen LogP contribution in [-0.2, 0) is 0 Å². The highest BCUT2D eigenvalue weighted by Crippen LogP contribution is 2.24. The van der Waals surface area contributed by atoms with Crippen molar-refractivity contribution in [1.82, 2.24) is 0 Å². The third-order valence-electron chi connectivity index (χ3n) is 2.95. The number of carbonyl (C=O) groups is 1. The lowest BCUT2D eigenvalue weighted by Gasteiger charge is -2.13. The van der Waals surface area contributed by atoms with E-state index in [1.54, 1.807) is 37.3 Å². The van der Waals surface area contributed by atoms with Crippen LogP contribution in [0.1, 0.15) is 12.5 Å². The average Bonchev–Trinajstić information content (AvgIpc) is 2.46. The highest BCUT2D eigenvalue weighted by Gasteiger charge is 2.10. The molecule has 2 aromatic carbocycles. The molecule has 0 heterocycles. The minimum atomic E-state index is -0.448. The van der Waals surface area contributed by atoms with Crippen LogP contribution in [0.25, 0.3) is 0 Å². The summed E-state index contributed by atoms with van der Waals surface area (Å²) in [7, 11) is 0. The molecule has 0 fully saturated rings. The molecule has 0 saturated heterocycles. The molecule has 0 aliphatic heterocycles. The van der Waals surface area contributed by atoms with Crippen molar-refractivity contribution in [3.05, 3.63) is 53.8 Å². The third-order valence-corrected chi connectivity index (χ3v) is 2.95. The second-order valence-electron chi connectivity index (χ2n) is 4.42. The van der Waals surface area contributed by atoms with Crippen LogP contribution in [-0.4, -0.2) is 12.6 Å². The molecule has 0 bridgehead atoms. The number of urea groups is 1. The van der Waals surface area contributed by atoms with E-state index in [1.165, 1.54) is 6.07 Å². The summed E-state index contributed by atoms with van der Waals surface area (Å²) in [4.78, 5) is 12.0. The van der Waals surface area contributed by atoms with Gasteiger partial charge in [0.15, 0.2) is 0 Å². The molecule has 0 aliphatic rings. The van der Waals surface area contributed by atoms with E-state index in [9.17, 15) is 9.18 Å². The Labute approximate surface area is 122 Å². The molecule has 0 saturated carbocycles. The van der Waals surface area contributed by atoms with Gasteiger partial charge < -0.3 is 15.4 Å². The second kappa shape index (κ2) is 6.74. The second-order valence-corrected chi connectivity index (χ2v) is 4.42. The SMILES string of the molecule is CCOc1ccccc1NC(=O)Nc1cccc(F)c1C. The Bertz CT molecular complexity index is 644. The summed E-state index contributed by atoms with van der Waals surface area (Å²) in [6.45, 7) is 3.98. The van der Waals surface area contributed by atoms with Crippen LogP contribution in [0, 0.1) is 12.7 Å². The quantitative estimate of drug-likeness (QED) is 0.886. The van der Waals surface area contributed by atoms with Gasteiger partial charge in [-0.05, 0) is 38.1 Å². The normalized spacial score (nSPS) is 10.0. The van der Waals surface area contributed by atoms with Crippen LogP contribution in [0.5, 0.6) is 5.75 Å². The molecule has 0 aromatic heterocycles. The molecule has 0 spiro atoms. The number of amides is 2. The van der Waals surface area contributed by atoms with Gasteiger partial charge in [-0.25, -0.2) is 9.18 Å². The molecule has 2 amide bonds. The first kappa shape index (κ1) is 14.8. The number of rotatable bonds is 4. The molecule has 2 N–H and O–H groups in total. The summed E-state index contributed by atoms with van der Waals surface area (Å²) < 4.78 is 18.9. The number of anilines is 2. The van der Waals surface area contributed by atoms with E-state index in [4.69, 9.17) is 4.74 Å². The predicted octanol–water partition coefficient (Wildman–Crippen LogP) is 4.18. The summed E-state index contributed by atoms with van der Waals surface area (Å²) in [5, 5.41) is 5.32. The predicted molar refractivity (Wildman–Crippen MR) is 81.4 cm³/mol. The van der Waals surface area contributed by atoms with Gasteiger partial charge in [0.05, 0.1) is 12.3 Å². The summed E-state index contributed by atoms with van der Waals surface area (Å²) in [5.74, 6) is 0.230. The molecule has 2 rings (SSSR count). The van der Waals surface area contributed by atoms with Gasteiger partial charge in [-0.15, -0.1) is 0 Å². The molecule has 0 radical (unpaired) electrons. The number of ether oxygens (including phenoxy) is 1. The number of hydrogen-bond donors (Lipinski definition) is 2. The molecule has 4 nitrogen and oxygen atoms in total. The molecule has 0 aliphatic carbocycles. The standard InChI is InChI=1S/C16H17FN2O2/c1-3-21-15-10-5-4-8-14(15)19-16(20)18-13-9-6-7-12(17)11(13)2/h4-10H,3H2,1-2H3,(H2,18,19,20). The lowest BCUT2D eigenvalue weighted by molar-refractivity contribution is 0.262. The summed E-state index contributed by atoms with van der Waals surface area (Å²) >= 11 is 0. The van der Waals surface area contributed by atoms with Crippen molar-refractivity contribution in [3.8, 4) is 5.75 Å². The van der Waals surface area contributed by atoms with Crippen LogP contribution in [0.3, 0.4) is 0 Å². The lowest BCUT2D eigenvalue weighted by atomic mass is 10.2. The van der Waals surface area contributed by atoms with Gasteiger partial charge in [-0.3, -0.25) is 0 Å². The molecule has 5 heteroatoms. The first-order valence-electron chi connectivity index (χ1n) is 6.66. The van der Waals surface area contributed by atoms with Gasteiger partial charge in [0.1, 0.15) is 11.6 Å². The van der Waals surface area contributed by atoms with Gasteiger partial charge in [0, 0.05) is 11.3 Å². The van der Waals surface area contributed by atoms with Crippen molar-refractivity contribution in [2.75, 3.05) is 17.2 Å². The van der Waals surface area contributed by atoms with Crippen molar-refractivity contribution in [3.63, 3.8) is 0 Å². The molecule has 110 valence electrons. The van der Waals surface area contributed by atoms with E-state index < -0.39 is 6.03 Å². The third kappa shape index (κ3) is 3.72. The highest BCUT2D eigenvalue weighted by molar-refractivity contribution is 6.01. The van der Waals surface area contributed by atoms with Crippen LogP contribution in [0.4, 0.5) is 20.6 Å². The maximum atomic E-state index is 13.4. The lowest BCUT2D eigenvalue weighted by Crippen LogP contribution is -2.20. The Hall–Kier alpha value is -2.56. The summed E-state index contributed by atoms with van der Waals surface area (Å²) in [6.07, 6.45) is 0. The van der Waals surface area contributed by atoms with Gasteiger partial charge in [0.25, 0.3) is 0 Å². The molecular weight excluding hydrogens is 271 g/mol. The van der Waals surface area contributed by atoms with Gasteiger partial charge in [0.2, 0.25) is 0 Å². The van der Waals surface area contributed by atoms with Gasteiger partial charge >= 0.3 is 6.03 Å². The van der Waals surface area contributed by atoms with E-state index in [0.717, 1.165) is 0 Å². The van der Waals surface area contributed by atoms with Crippen molar-refractivity contribution in [1.29, 1.82) is 0 Å². The Morgan fingerprint density at radius 3 is 2.52 bits per heavy atom. The Morgan fingerprint density at radius 1 is 1.10 bits per heavy atom. The molecule has 0 atom stereocenters. The first-order chi connectivity index (χ1) is 10.1. The Balaban J connectivity index is 2.10. The monoisotopic (exact) mass is 288 g/mol. The number of carbonyl (C=O) groups excluding carboxylic acids is 1. The van der Waals surface area contributed by atoms with Gasteiger partial charge in [-0.1, -0.05) is 18.2 Å². The van der Waals surface area contributed by atoms with Crippen molar-refractivity contribution >= 4 is 17.4 Å². The van der Waals surface area contributed by atoms with Crippen LogP contribution in [0.15, 0.2) is 42.5 Å². The van der Waals surface area contributed by atoms with Crippen molar-refractivity contribution < 1.29 is 13.9 Å². The van der Waals surface area contributed by atoms with Crippen molar-refractivity contribution in [2.24, 2.45) is 0 Å². The van der Waals surface area contributed by atoms with Crippen molar-refractivity contribution in [2.45, 2.75) is 13.8 Å². The fourth-order valence-electron chi connectivity index (χ4n) is 1.87. The zero-order chi connectivity index (χ0) is 15.2. The fraction of sp³-hybridized carbons (Fsp3) is 0.188. The number of para-hydroxylation sites is 2. The minimum Gasteiger partial charge on any atom is -0.492 e. The van der Waals surface area contributed by atoms with E-state index in [0.29, 0.717) is 29.3 Å². The Morgan fingerprint density at radius 2 is 1.76 bits per heavy atom. The summed E-state index contributed by atoms with van der Waals surface area (Å²) in [6, 6.07) is 11.2. The van der Waals surface area contributed by atoms with Crippen LogP contribution >= 0.6 is 0 Å². The highest BCUT2D eigenvalue weighted by atomic mass is 19.1. The number of halogens is 1. The molecule has 0 unspecified atom stereocenters. The minimum absolute atomic E-state index is 0.359. The van der Waals surface area contributed by atoms with E-state index in [1.807, 2.05) is 13.0 Å². The largest absolute Gasteiger partial charge is 0.492 e. The molecule has 21 heavy (non-hydrogen) atoms. The zero-order valence-corrected chi connectivity index (χ0v) is 11.9.